The minimum atomic E-state index is 0.274. The molecule has 1 unspecified atom stereocenters. The molecule has 0 aromatic carbocycles. The fourth-order valence-corrected chi connectivity index (χ4v) is 2.88. The molecule has 0 aliphatic carbocycles. The second kappa shape index (κ2) is 6.36. The molecule has 1 saturated heterocycles. The van der Waals surface area contributed by atoms with Crippen molar-refractivity contribution in [2.45, 2.75) is 38.5 Å². The Kier molecular flexibility index (Phi) is 4.31. The molecule has 0 amide bonds. The topological polar surface area (TPSA) is 71.9 Å². The van der Waals surface area contributed by atoms with E-state index in [0.29, 0.717) is 6.61 Å². The molecule has 21 heavy (non-hydrogen) atoms. The first-order valence-corrected chi connectivity index (χ1v) is 7.37. The van der Waals surface area contributed by atoms with Crippen LogP contribution in [0.3, 0.4) is 0 Å². The van der Waals surface area contributed by atoms with Crippen LogP contribution in [0.25, 0.3) is 0 Å². The van der Waals surface area contributed by atoms with Gasteiger partial charge in [-0.1, -0.05) is 6.42 Å². The maximum absolute atomic E-state index is 5.10. The fourth-order valence-electron chi connectivity index (χ4n) is 2.88. The highest BCUT2D eigenvalue weighted by Gasteiger charge is 2.27. The van der Waals surface area contributed by atoms with Gasteiger partial charge in [0.15, 0.2) is 11.6 Å². The van der Waals surface area contributed by atoms with E-state index in [-0.39, 0.29) is 6.04 Å². The molecular formula is C14H22N6O. The van der Waals surface area contributed by atoms with Gasteiger partial charge in [0.2, 0.25) is 0 Å². The molecule has 0 saturated carbocycles. The molecule has 2 aromatic heterocycles. The second-order valence-electron chi connectivity index (χ2n) is 5.55. The van der Waals surface area contributed by atoms with Crippen LogP contribution in [0, 0.1) is 0 Å². The van der Waals surface area contributed by atoms with Crippen molar-refractivity contribution >= 4 is 0 Å². The summed E-state index contributed by atoms with van der Waals surface area (Å²) in [5, 5.41) is 7.34. The van der Waals surface area contributed by atoms with E-state index in [1.54, 1.807) is 7.11 Å². The molecule has 0 spiro atoms. The van der Waals surface area contributed by atoms with Gasteiger partial charge >= 0.3 is 0 Å². The van der Waals surface area contributed by atoms with Gasteiger partial charge in [-0.25, -0.2) is 9.97 Å². The summed E-state index contributed by atoms with van der Waals surface area (Å²) in [6, 6.07) is 0.274. The van der Waals surface area contributed by atoms with Crippen molar-refractivity contribution in [3.05, 3.63) is 29.9 Å². The van der Waals surface area contributed by atoms with Crippen LogP contribution in [0.2, 0.25) is 0 Å². The predicted octanol–water partition coefficient (Wildman–Crippen LogP) is 1.41. The van der Waals surface area contributed by atoms with Gasteiger partial charge in [-0.2, -0.15) is 5.10 Å². The zero-order chi connectivity index (χ0) is 14.7. The molecule has 1 aliphatic heterocycles. The maximum atomic E-state index is 5.10. The summed E-state index contributed by atoms with van der Waals surface area (Å²) in [6.45, 7) is 2.43. The summed E-state index contributed by atoms with van der Waals surface area (Å²) in [5.41, 5.74) is 1.22. The summed E-state index contributed by atoms with van der Waals surface area (Å²) in [7, 11) is 3.70. The maximum Gasteiger partial charge on any atom is 0.167 e. The van der Waals surface area contributed by atoms with Crippen LogP contribution in [0.1, 0.15) is 42.6 Å². The normalized spacial score (nSPS) is 20.0. The van der Waals surface area contributed by atoms with Crippen LogP contribution in [0.4, 0.5) is 0 Å². The Morgan fingerprint density at radius 3 is 3.10 bits per heavy atom. The highest BCUT2D eigenvalue weighted by atomic mass is 16.5. The van der Waals surface area contributed by atoms with Crippen LogP contribution in [0.15, 0.2) is 12.5 Å². The van der Waals surface area contributed by atoms with Crippen molar-refractivity contribution in [3.8, 4) is 0 Å². The van der Waals surface area contributed by atoms with Crippen LogP contribution in [0.5, 0.6) is 0 Å². The number of rotatable bonds is 5. The number of imidazole rings is 1. The number of H-pyrrole nitrogens is 1. The average molecular weight is 290 g/mol. The average Bonchev–Trinajstić information content (AvgIpc) is 3.10. The molecule has 1 N–H and O–H groups in total. The van der Waals surface area contributed by atoms with Crippen molar-refractivity contribution in [1.29, 1.82) is 0 Å². The summed E-state index contributed by atoms with van der Waals surface area (Å²) < 4.78 is 7.17. The molecule has 3 heterocycles. The minimum Gasteiger partial charge on any atom is -0.377 e. The summed E-state index contributed by atoms with van der Waals surface area (Å²) in [5.74, 6) is 1.67. The standard InChI is InChI=1S/C14H22N6O/c1-19-10-15-7-11(19)8-20-6-4-3-5-12(20)14-16-13(9-21-2)17-18-14/h7,10,12H,3-6,8-9H2,1-2H3,(H,16,17,18). The number of nitrogens with zero attached hydrogens (tertiary/aromatic N) is 5. The lowest BCUT2D eigenvalue weighted by atomic mass is 10.0. The first-order chi connectivity index (χ1) is 10.3. The highest BCUT2D eigenvalue weighted by Crippen LogP contribution is 2.30. The van der Waals surface area contributed by atoms with Crippen molar-refractivity contribution < 1.29 is 4.74 Å². The monoisotopic (exact) mass is 290 g/mol. The van der Waals surface area contributed by atoms with Crippen LogP contribution in [-0.4, -0.2) is 43.3 Å². The number of nitrogens with one attached hydrogen (secondary N) is 1. The van der Waals surface area contributed by atoms with E-state index in [2.05, 4.69) is 29.6 Å². The third-order valence-electron chi connectivity index (χ3n) is 4.02. The number of piperidine rings is 1. The van der Waals surface area contributed by atoms with Crippen molar-refractivity contribution in [2.75, 3.05) is 13.7 Å². The Morgan fingerprint density at radius 2 is 2.33 bits per heavy atom. The lowest BCUT2D eigenvalue weighted by molar-refractivity contribution is 0.131. The first-order valence-electron chi connectivity index (χ1n) is 7.37. The fraction of sp³-hybridized carbons (Fsp3) is 0.643. The number of aryl methyl sites for hydroxylation is 1. The molecule has 1 aliphatic rings. The molecular weight excluding hydrogens is 268 g/mol. The molecule has 1 fully saturated rings. The van der Waals surface area contributed by atoms with Gasteiger partial charge in [-0.3, -0.25) is 10.00 Å². The molecule has 7 nitrogen and oxygen atoms in total. The highest BCUT2D eigenvalue weighted by molar-refractivity contribution is 5.03. The zero-order valence-corrected chi connectivity index (χ0v) is 12.6. The number of hydrogen-bond donors (Lipinski definition) is 1. The van der Waals surface area contributed by atoms with E-state index in [9.17, 15) is 0 Å². The Bertz CT molecular complexity index is 578. The Labute approximate surface area is 124 Å². The predicted molar refractivity (Wildman–Crippen MR) is 77.3 cm³/mol. The van der Waals surface area contributed by atoms with Crippen molar-refractivity contribution in [3.63, 3.8) is 0 Å². The van der Waals surface area contributed by atoms with E-state index in [1.165, 1.54) is 18.5 Å². The van der Waals surface area contributed by atoms with E-state index in [1.807, 2.05) is 19.6 Å². The summed E-state index contributed by atoms with van der Waals surface area (Å²) >= 11 is 0. The number of ether oxygens (including phenoxy) is 1. The van der Waals surface area contributed by atoms with Gasteiger partial charge < -0.3 is 9.30 Å². The molecule has 2 aromatic rings. The third kappa shape index (κ3) is 3.14. The molecule has 1 atom stereocenters. The van der Waals surface area contributed by atoms with Gasteiger partial charge in [0, 0.05) is 26.9 Å². The number of likely N-dealkylation sites (tertiary alicyclic amines) is 1. The summed E-state index contributed by atoms with van der Waals surface area (Å²) in [4.78, 5) is 11.2. The minimum absolute atomic E-state index is 0.274. The van der Waals surface area contributed by atoms with Gasteiger partial charge in [-0.15, -0.1) is 0 Å². The van der Waals surface area contributed by atoms with Gasteiger partial charge in [-0.05, 0) is 19.4 Å². The van der Waals surface area contributed by atoms with Crippen molar-refractivity contribution in [1.82, 2.24) is 29.6 Å². The molecule has 0 radical (unpaired) electrons. The molecule has 3 rings (SSSR count). The molecule has 0 bridgehead atoms. The third-order valence-corrected chi connectivity index (χ3v) is 4.02. The SMILES string of the molecule is COCc1nc(C2CCCCN2Cc2cncn2C)n[nH]1. The van der Waals surface area contributed by atoms with Crippen molar-refractivity contribution in [2.24, 2.45) is 7.05 Å². The number of hydrogen-bond acceptors (Lipinski definition) is 5. The van der Waals surface area contributed by atoms with E-state index in [4.69, 9.17) is 4.74 Å². The molecule has 114 valence electrons. The summed E-state index contributed by atoms with van der Waals surface area (Å²) in [6.07, 6.45) is 7.32. The van der Waals surface area contributed by atoms with E-state index in [0.717, 1.165) is 31.2 Å². The first kappa shape index (κ1) is 14.2. The zero-order valence-electron chi connectivity index (χ0n) is 12.6. The Morgan fingerprint density at radius 1 is 1.43 bits per heavy atom. The Balaban J connectivity index is 1.75. The van der Waals surface area contributed by atoms with Crippen LogP contribution in [-0.2, 0) is 24.9 Å². The van der Waals surface area contributed by atoms with Gasteiger partial charge in [0.1, 0.15) is 6.61 Å². The number of methoxy groups -OCH3 is 1. The van der Waals surface area contributed by atoms with Crippen LogP contribution >= 0.6 is 0 Å². The Hall–Kier alpha value is -1.73. The largest absolute Gasteiger partial charge is 0.377 e. The van der Waals surface area contributed by atoms with Gasteiger partial charge in [0.25, 0.3) is 0 Å². The van der Waals surface area contributed by atoms with Crippen LogP contribution < -0.4 is 0 Å². The number of aromatic nitrogens is 5. The second-order valence-corrected chi connectivity index (χ2v) is 5.55. The quantitative estimate of drug-likeness (QED) is 0.901. The van der Waals surface area contributed by atoms with Gasteiger partial charge in [0.05, 0.1) is 18.1 Å². The smallest absolute Gasteiger partial charge is 0.167 e. The lowest BCUT2D eigenvalue weighted by Gasteiger charge is -2.33. The van der Waals surface area contributed by atoms with E-state index >= 15 is 0 Å². The van der Waals surface area contributed by atoms with E-state index < -0.39 is 0 Å². The number of aromatic amines is 1. The molecule has 7 heteroatoms. The lowest BCUT2D eigenvalue weighted by Crippen LogP contribution is -2.34.